The molecule has 0 bridgehead atoms. The molecule has 4 amide bonds. The fraction of sp³-hybridized carbons (Fsp3) is 0.357. The standard InChI is InChI=1S/C14H17N3O3/c1-8-3-4-9(2)11(7-8)15-12(18)6-5-10-13(19)17-14(20)16-10/h3-4,7,10H,5-6H2,1-2H3,(H,15,18)(H2,16,17,19,20)/t10-/m0/s1. The van der Waals surface area contributed by atoms with Gasteiger partial charge in [-0.3, -0.25) is 14.9 Å². The van der Waals surface area contributed by atoms with E-state index in [0.29, 0.717) is 0 Å². The topological polar surface area (TPSA) is 87.3 Å². The van der Waals surface area contributed by atoms with Crippen molar-refractivity contribution in [3.05, 3.63) is 29.3 Å². The van der Waals surface area contributed by atoms with E-state index in [0.717, 1.165) is 16.8 Å². The number of aryl methyl sites for hydroxylation is 2. The van der Waals surface area contributed by atoms with Gasteiger partial charge in [0.1, 0.15) is 6.04 Å². The molecule has 1 atom stereocenters. The number of amides is 4. The van der Waals surface area contributed by atoms with Gasteiger partial charge in [-0.25, -0.2) is 4.79 Å². The zero-order valence-electron chi connectivity index (χ0n) is 11.4. The van der Waals surface area contributed by atoms with Crippen LogP contribution in [0.3, 0.4) is 0 Å². The Morgan fingerprint density at radius 1 is 1.30 bits per heavy atom. The van der Waals surface area contributed by atoms with Gasteiger partial charge >= 0.3 is 6.03 Å². The molecule has 0 saturated carbocycles. The van der Waals surface area contributed by atoms with Gasteiger partial charge in [0.15, 0.2) is 0 Å². The summed E-state index contributed by atoms with van der Waals surface area (Å²) >= 11 is 0. The molecule has 1 fully saturated rings. The van der Waals surface area contributed by atoms with Gasteiger partial charge in [0, 0.05) is 12.1 Å². The average Bonchev–Trinajstić information content (AvgIpc) is 2.70. The molecule has 1 saturated heterocycles. The minimum Gasteiger partial charge on any atom is -0.326 e. The molecule has 6 nitrogen and oxygen atoms in total. The van der Waals surface area contributed by atoms with Gasteiger partial charge in [-0.15, -0.1) is 0 Å². The summed E-state index contributed by atoms with van der Waals surface area (Å²) in [5.41, 5.74) is 2.82. The van der Waals surface area contributed by atoms with E-state index in [4.69, 9.17) is 0 Å². The first-order valence-corrected chi connectivity index (χ1v) is 6.44. The molecule has 1 aromatic rings. The van der Waals surface area contributed by atoms with E-state index in [2.05, 4.69) is 16.0 Å². The van der Waals surface area contributed by atoms with E-state index in [1.54, 1.807) is 0 Å². The summed E-state index contributed by atoms with van der Waals surface area (Å²) < 4.78 is 0. The molecule has 0 aliphatic carbocycles. The second-order valence-electron chi connectivity index (χ2n) is 4.92. The third kappa shape index (κ3) is 3.34. The van der Waals surface area contributed by atoms with Crippen LogP contribution in [0, 0.1) is 13.8 Å². The lowest BCUT2D eigenvalue weighted by atomic mass is 10.1. The van der Waals surface area contributed by atoms with Crippen molar-refractivity contribution in [1.29, 1.82) is 0 Å². The third-order valence-electron chi connectivity index (χ3n) is 3.19. The van der Waals surface area contributed by atoms with Crippen molar-refractivity contribution in [3.8, 4) is 0 Å². The second kappa shape index (κ2) is 5.73. The summed E-state index contributed by atoms with van der Waals surface area (Å²) in [5.74, 6) is -0.554. The molecule has 2 rings (SSSR count). The number of carbonyl (C=O) groups excluding carboxylic acids is 3. The largest absolute Gasteiger partial charge is 0.326 e. The Kier molecular flexibility index (Phi) is 4.02. The minimum atomic E-state index is -0.619. The molecule has 0 radical (unpaired) electrons. The highest BCUT2D eigenvalue weighted by atomic mass is 16.2. The van der Waals surface area contributed by atoms with E-state index in [9.17, 15) is 14.4 Å². The maximum absolute atomic E-state index is 11.9. The molecule has 1 aliphatic heterocycles. The molecule has 1 aliphatic rings. The van der Waals surface area contributed by atoms with Gasteiger partial charge in [0.05, 0.1) is 0 Å². The third-order valence-corrected chi connectivity index (χ3v) is 3.19. The number of anilines is 1. The summed E-state index contributed by atoms with van der Waals surface area (Å²) in [6, 6.07) is 4.69. The predicted molar refractivity (Wildman–Crippen MR) is 74.2 cm³/mol. The molecule has 1 aromatic carbocycles. The molecule has 0 spiro atoms. The molecule has 1 heterocycles. The Morgan fingerprint density at radius 2 is 2.05 bits per heavy atom. The van der Waals surface area contributed by atoms with E-state index in [1.165, 1.54) is 0 Å². The van der Waals surface area contributed by atoms with Crippen LogP contribution in [0.4, 0.5) is 10.5 Å². The summed E-state index contributed by atoms with van der Waals surface area (Å²) in [6.45, 7) is 3.87. The number of benzene rings is 1. The van der Waals surface area contributed by atoms with Crippen molar-refractivity contribution in [2.24, 2.45) is 0 Å². The fourth-order valence-electron chi connectivity index (χ4n) is 2.02. The Balaban J connectivity index is 1.88. The van der Waals surface area contributed by atoms with Crippen LogP contribution in [-0.4, -0.2) is 23.9 Å². The fourth-order valence-corrected chi connectivity index (χ4v) is 2.02. The Labute approximate surface area is 116 Å². The Morgan fingerprint density at radius 3 is 2.70 bits per heavy atom. The van der Waals surface area contributed by atoms with Crippen LogP contribution in [0.25, 0.3) is 0 Å². The first kappa shape index (κ1) is 14.0. The average molecular weight is 275 g/mol. The normalized spacial score (nSPS) is 17.6. The number of hydrogen-bond donors (Lipinski definition) is 3. The zero-order chi connectivity index (χ0) is 14.7. The SMILES string of the molecule is Cc1ccc(C)c(NC(=O)CC[C@@H]2NC(=O)NC2=O)c1. The number of nitrogens with one attached hydrogen (secondary N) is 3. The zero-order valence-corrected chi connectivity index (χ0v) is 11.4. The molecule has 20 heavy (non-hydrogen) atoms. The van der Waals surface area contributed by atoms with Crippen LogP contribution in [0.5, 0.6) is 0 Å². The Bertz CT molecular complexity index is 569. The minimum absolute atomic E-state index is 0.172. The second-order valence-corrected chi connectivity index (χ2v) is 4.92. The highest BCUT2D eigenvalue weighted by Gasteiger charge is 2.29. The van der Waals surface area contributed by atoms with Crippen LogP contribution in [0.2, 0.25) is 0 Å². The molecule has 6 heteroatoms. The van der Waals surface area contributed by atoms with E-state index in [-0.39, 0.29) is 24.7 Å². The number of carbonyl (C=O) groups is 3. The van der Waals surface area contributed by atoms with Crippen LogP contribution in [-0.2, 0) is 9.59 Å². The maximum atomic E-state index is 11.9. The number of imide groups is 1. The number of hydrogen-bond acceptors (Lipinski definition) is 3. The smallest absolute Gasteiger partial charge is 0.322 e. The maximum Gasteiger partial charge on any atom is 0.322 e. The monoisotopic (exact) mass is 275 g/mol. The summed E-state index contributed by atoms with van der Waals surface area (Å²) in [4.78, 5) is 34.1. The van der Waals surface area contributed by atoms with Gasteiger partial charge in [-0.1, -0.05) is 12.1 Å². The summed E-state index contributed by atoms with van der Waals surface area (Å²) in [5, 5.41) is 7.42. The predicted octanol–water partition coefficient (Wildman–Crippen LogP) is 1.23. The quantitative estimate of drug-likeness (QED) is 0.722. The first-order valence-electron chi connectivity index (χ1n) is 6.44. The lowest BCUT2D eigenvalue weighted by Crippen LogP contribution is -2.30. The van der Waals surface area contributed by atoms with Crippen molar-refractivity contribution in [2.45, 2.75) is 32.7 Å². The molecular formula is C14H17N3O3. The van der Waals surface area contributed by atoms with Crippen LogP contribution in [0.1, 0.15) is 24.0 Å². The van der Waals surface area contributed by atoms with E-state index in [1.807, 2.05) is 32.0 Å². The molecule has 0 aromatic heterocycles. The highest BCUT2D eigenvalue weighted by molar-refractivity contribution is 6.04. The highest BCUT2D eigenvalue weighted by Crippen LogP contribution is 2.17. The van der Waals surface area contributed by atoms with Crippen molar-refractivity contribution in [1.82, 2.24) is 10.6 Å². The number of rotatable bonds is 4. The van der Waals surface area contributed by atoms with Crippen molar-refractivity contribution >= 4 is 23.5 Å². The lowest BCUT2D eigenvalue weighted by molar-refractivity contribution is -0.120. The van der Waals surface area contributed by atoms with Gasteiger partial charge in [-0.2, -0.15) is 0 Å². The molecule has 3 N–H and O–H groups in total. The van der Waals surface area contributed by atoms with Crippen molar-refractivity contribution in [3.63, 3.8) is 0 Å². The van der Waals surface area contributed by atoms with Crippen molar-refractivity contribution in [2.75, 3.05) is 5.32 Å². The van der Waals surface area contributed by atoms with Crippen LogP contribution < -0.4 is 16.0 Å². The van der Waals surface area contributed by atoms with Crippen molar-refractivity contribution < 1.29 is 14.4 Å². The molecule has 106 valence electrons. The lowest BCUT2D eigenvalue weighted by Gasteiger charge is -2.10. The number of urea groups is 1. The van der Waals surface area contributed by atoms with Gasteiger partial charge in [0.25, 0.3) is 5.91 Å². The van der Waals surface area contributed by atoms with Gasteiger partial charge in [-0.05, 0) is 37.5 Å². The molecular weight excluding hydrogens is 258 g/mol. The molecule has 0 unspecified atom stereocenters. The van der Waals surface area contributed by atoms with E-state index >= 15 is 0 Å². The van der Waals surface area contributed by atoms with E-state index < -0.39 is 12.1 Å². The van der Waals surface area contributed by atoms with Gasteiger partial charge < -0.3 is 10.6 Å². The first-order chi connectivity index (χ1) is 9.45. The summed E-state index contributed by atoms with van der Waals surface area (Å²) in [6.07, 6.45) is 0.458. The van der Waals surface area contributed by atoms with Crippen LogP contribution in [0.15, 0.2) is 18.2 Å². The van der Waals surface area contributed by atoms with Crippen LogP contribution >= 0.6 is 0 Å². The summed E-state index contributed by atoms with van der Waals surface area (Å²) in [7, 11) is 0. The Hall–Kier alpha value is -2.37. The van der Waals surface area contributed by atoms with Gasteiger partial charge in [0.2, 0.25) is 5.91 Å².